The molecule has 5 nitrogen and oxygen atoms in total. The summed E-state index contributed by atoms with van der Waals surface area (Å²) in [7, 11) is 0. The second kappa shape index (κ2) is 8.84. The molecule has 2 aromatic carbocycles. The number of ether oxygens (including phenoxy) is 1. The van der Waals surface area contributed by atoms with Gasteiger partial charge >= 0.3 is 5.97 Å². The molecule has 2 rings (SSSR count). The van der Waals surface area contributed by atoms with E-state index in [9.17, 15) is 14.7 Å². The molecule has 0 bridgehead atoms. The summed E-state index contributed by atoms with van der Waals surface area (Å²) in [4.78, 5) is 24.3. The molecule has 2 N–H and O–H groups in total. The molecule has 0 unspecified atom stereocenters. The Hall–Kier alpha value is -2.66. The van der Waals surface area contributed by atoms with Gasteiger partial charge in [-0.3, -0.25) is 9.59 Å². The molecule has 1 amide bonds. The van der Waals surface area contributed by atoms with Crippen molar-refractivity contribution in [2.45, 2.75) is 13.0 Å². The Morgan fingerprint density at radius 3 is 2.21 bits per heavy atom. The van der Waals surface area contributed by atoms with E-state index in [0.717, 1.165) is 0 Å². The summed E-state index contributed by atoms with van der Waals surface area (Å²) in [6.45, 7) is 1.90. The third-order valence-corrected chi connectivity index (χ3v) is 3.63. The van der Waals surface area contributed by atoms with Crippen LogP contribution in [0.2, 0.25) is 0 Å². The normalized spacial score (nSPS) is 12.9. The molecule has 2 atom stereocenters. The number of esters is 1. The highest BCUT2D eigenvalue weighted by Crippen LogP contribution is 2.23. The number of carbonyl (C=O) groups is 2. The van der Waals surface area contributed by atoms with Crippen LogP contribution >= 0.6 is 0 Å². The lowest BCUT2D eigenvalue weighted by atomic mass is 9.95. The van der Waals surface area contributed by atoms with Crippen LogP contribution in [0.5, 0.6) is 0 Å². The lowest BCUT2D eigenvalue weighted by Gasteiger charge is -2.22. The number of aliphatic hydroxyl groups excluding tert-OH is 1. The molecule has 0 aliphatic rings. The zero-order valence-electron chi connectivity index (χ0n) is 13.5. The van der Waals surface area contributed by atoms with Crippen LogP contribution in [0.3, 0.4) is 0 Å². The maximum Gasteiger partial charge on any atom is 0.313 e. The predicted molar refractivity (Wildman–Crippen MR) is 90.3 cm³/mol. The van der Waals surface area contributed by atoms with Gasteiger partial charge in [0.2, 0.25) is 0 Å². The van der Waals surface area contributed by atoms with Crippen molar-refractivity contribution in [1.29, 1.82) is 0 Å². The molecule has 126 valence electrons. The Labute approximate surface area is 141 Å². The van der Waals surface area contributed by atoms with Gasteiger partial charge < -0.3 is 15.2 Å². The van der Waals surface area contributed by atoms with Gasteiger partial charge in [0.15, 0.2) is 0 Å². The minimum atomic E-state index is -1.05. The van der Waals surface area contributed by atoms with E-state index >= 15 is 0 Å². The van der Waals surface area contributed by atoms with E-state index in [2.05, 4.69) is 5.32 Å². The van der Waals surface area contributed by atoms with Crippen molar-refractivity contribution in [2.24, 2.45) is 5.92 Å². The average Bonchev–Trinajstić information content (AvgIpc) is 2.63. The second-order valence-corrected chi connectivity index (χ2v) is 5.29. The monoisotopic (exact) mass is 327 g/mol. The summed E-state index contributed by atoms with van der Waals surface area (Å²) < 4.78 is 5.03. The zero-order chi connectivity index (χ0) is 17.4. The summed E-state index contributed by atoms with van der Waals surface area (Å²) in [6, 6.07) is 17.6. The molecule has 0 aromatic heterocycles. The van der Waals surface area contributed by atoms with E-state index in [1.807, 2.05) is 12.1 Å². The Kier molecular flexibility index (Phi) is 6.51. The van der Waals surface area contributed by atoms with E-state index in [4.69, 9.17) is 4.74 Å². The molecule has 0 radical (unpaired) electrons. The molecule has 0 aliphatic heterocycles. The molecule has 2 aromatic rings. The molecule has 0 fully saturated rings. The van der Waals surface area contributed by atoms with Crippen molar-refractivity contribution in [1.82, 2.24) is 5.32 Å². The molecule has 24 heavy (non-hydrogen) atoms. The standard InChI is InChI=1S/C19H21NO4/c1-2-24-19(23)16(17(21)14-9-5-3-6-10-14)13-20-18(22)15-11-7-4-8-12-15/h3-12,16-17,21H,2,13H2,1H3,(H,20,22)/t16-,17-/m0/s1. The van der Waals surface area contributed by atoms with Crippen LogP contribution < -0.4 is 5.32 Å². The highest BCUT2D eigenvalue weighted by molar-refractivity contribution is 5.94. The predicted octanol–water partition coefficient (Wildman–Crippen LogP) is 2.33. The van der Waals surface area contributed by atoms with E-state index in [1.165, 1.54) is 0 Å². The molecule has 5 heteroatoms. The van der Waals surface area contributed by atoms with E-state index < -0.39 is 18.0 Å². The first-order chi connectivity index (χ1) is 11.6. The van der Waals surface area contributed by atoms with E-state index in [0.29, 0.717) is 11.1 Å². The number of benzene rings is 2. The summed E-state index contributed by atoms with van der Waals surface area (Å²) >= 11 is 0. The highest BCUT2D eigenvalue weighted by atomic mass is 16.5. The van der Waals surface area contributed by atoms with Crippen molar-refractivity contribution in [3.63, 3.8) is 0 Å². The quantitative estimate of drug-likeness (QED) is 0.765. The fourth-order valence-corrected chi connectivity index (χ4v) is 2.35. The van der Waals surface area contributed by atoms with Gasteiger partial charge in [-0.15, -0.1) is 0 Å². The van der Waals surface area contributed by atoms with Gasteiger partial charge in [0.1, 0.15) is 5.92 Å². The number of hydrogen-bond donors (Lipinski definition) is 2. The van der Waals surface area contributed by atoms with Crippen LogP contribution in [0.25, 0.3) is 0 Å². The Morgan fingerprint density at radius 1 is 1.04 bits per heavy atom. The first-order valence-corrected chi connectivity index (χ1v) is 7.86. The number of carbonyl (C=O) groups excluding carboxylic acids is 2. The third kappa shape index (κ3) is 4.67. The number of nitrogens with one attached hydrogen (secondary N) is 1. The summed E-state index contributed by atoms with van der Waals surface area (Å²) in [5.74, 6) is -1.72. The van der Waals surface area contributed by atoms with Gasteiger partial charge in [0.05, 0.1) is 12.7 Å². The number of hydrogen-bond acceptors (Lipinski definition) is 4. The number of rotatable bonds is 7. The average molecular weight is 327 g/mol. The maximum atomic E-state index is 12.2. The Balaban J connectivity index is 2.09. The smallest absolute Gasteiger partial charge is 0.313 e. The van der Waals surface area contributed by atoms with Crippen LogP contribution in [-0.4, -0.2) is 30.1 Å². The molecule has 0 aliphatic carbocycles. The molecular formula is C19H21NO4. The van der Waals surface area contributed by atoms with Gasteiger partial charge in [-0.25, -0.2) is 0 Å². The number of amides is 1. The largest absolute Gasteiger partial charge is 0.466 e. The first kappa shape index (κ1) is 17.7. The van der Waals surface area contributed by atoms with Gasteiger partial charge in [-0.05, 0) is 24.6 Å². The molecular weight excluding hydrogens is 306 g/mol. The van der Waals surface area contributed by atoms with Crippen LogP contribution in [-0.2, 0) is 9.53 Å². The zero-order valence-corrected chi connectivity index (χ0v) is 13.5. The lowest BCUT2D eigenvalue weighted by molar-refractivity contribution is -0.151. The minimum absolute atomic E-state index is 0.0113. The minimum Gasteiger partial charge on any atom is -0.466 e. The molecule has 0 saturated carbocycles. The third-order valence-electron chi connectivity index (χ3n) is 3.63. The topological polar surface area (TPSA) is 75.6 Å². The van der Waals surface area contributed by atoms with Gasteiger partial charge in [0, 0.05) is 12.1 Å². The van der Waals surface area contributed by atoms with Crippen LogP contribution in [0.4, 0.5) is 0 Å². The van der Waals surface area contributed by atoms with Crippen molar-refractivity contribution >= 4 is 11.9 Å². The van der Waals surface area contributed by atoms with Crippen molar-refractivity contribution in [3.05, 3.63) is 71.8 Å². The van der Waals surface area contributed by atoms with Crippen LogP contribution in [0, 0.1) is 5.92 Å². The lowest BCUT2D eigenvalue weighted by Crippen LogP contribution is -2.37. The highest BCUT2D eigenvalue weighted by Gasteiger charge is 2.29. The fraction of sp³-hybridized carbons (Fsp3) is 0.263. The van der Waals surface area contributed by atoms with Crippen molar-refractivity contribution < 1.29 is 19.4 Å². The molecule has 0 heterocycles. The number of aliphatic hydroxyl groups is 1. The maximum absolute atomic E-state index is 12.2. The van der Waals surface area contributed by atoms with E-state index in [-0.39, 0.29) is 19.1 Å². The van der Waals surface area contributed by atoms with Gasteiger partial charge in [-0.1, -0.05) is 48.5 Å². The fourth-order valence-electron chi connectivity index (χ4n) is 2.35. The van der Waals surface area contributed by atoms with E-state index in [1.54, 1.807) is 55.5 Å². The Morgan fingerprint density at radius 2 is 1.62 bits per heavy atom. The first-order valence-electron chi connectivity index (χ1n) is 7.86. The second-order valence-electron chi connectivity index (χ2n) is 5.29. The van der Waals surface area contributed by atoms with Crippen LogP contribution in [0.15, 0.2) is 60.7 Å². The SMILES string of the molecule is CCOC(=O)[C@@H](CNC(=O)c1ccccc1)[C@@H](O)c1ccccc1. The summed E-state index contributed by atoms with van der Waals surface area (Å²) in [5, 5.41) is 13.2. The summed E-state index contributed by atoms with van der Waals surface area (Å²) in [6.07, 6.45) is -1.05. The summed E-state index contributed by atoms with van der Waals surface area (Å²) in [5.41, 5.74) is 1.10. The van der Waals surface area contributed by atoms with Gasteiger partial charge in [0.25, 0.3) is 5.91 Å². The molecule has 0 saturated heterocycles. The van der Waals surface area contributed by atoms with Gasteiger partial charge in [-0.2, -0.15) is 0 Å². The Bertz CT molecular complexity index is 658. The van der Waals surface area contributed by atoms with Crippen LogP contribution in [0.1, 0.15) is 28.9 Å². The van der Waals surface area contributed by atoms with Crippen molar-refractivity contribution in [2.75, 3.05) is 13.2 Å². The molecule has 0 spiro atoms. The van der Waals surface area contributed by atoms with Crippen molar-refractivity contribution in [3.8, 4) is 0 Å².